The molecule has 0 radical (unpaired) electrons. The third-order valence-electron chi connectivity index (χ3n) is 2.48. The largest absolute Gasteiger partial charge is 0.496 e. The Morgan fingerprint density at radius 3 is 2.74 bits per heavy atom. The Bertz CT molecular complexity index is 432. The van der Waals surface area contributed by atoms with Gasteiger partial charge in [0.2, 0.25) is 0 Å². The van der Waals surface area contributed by atoms with Crippen molar-refractivity contribution in [2.24, 2.45) is 0 Å². The number of aliphatic carboxylic acids is 1. The van der Waals surface area contributed by atoms with Gasteiger partial charge in [-0.1, -0.05) is 0 Å². The van der Waals surface area contributed by atoms with Crippen molar-refractivity contribution < 1.29 is 24.2 Å². The molecule has 0 bridgehead atoms. The molecule has 0 fully saturated rings. The number of carbonyl (C=O) groups is 2. The van der Waals surface area contributed by atoms with E-state index in [2.05, 4.69) is 5.32 Å². The van der Waals surface area contributed by atoms with Gasteiger partial charge >= 0.3 is 5.97 Å². The molecule has 106 valence electrons. The molecule has 1 unspecified atom stereocenters. The van der Waals surface area contributed by atoms with Crippen molar-refractivity contribution in [1.29, 1.82) is 0 Å². The van der Waals surface area contributed by atoms with Crippen LogP contribution < -0.4 is 10.1 Å². The number of carboxylic acids is 1. The van der Waals surface area contributed by atoms with Crippen molar-refractivity contribution in [3.63, 3.8) is 0 Å². The van der Waals surface area contributed by atoms with Crippen molar-refractivity contribution >= 4 is 23.2 Å². The fraction of sp³-hybridized carbons (Fsp3) is 0.500. The normalized spacial score (nSPS) is 11.9. The van der Waals surface area contributed by atoms with E-state index in [0.29, 0.717) is 30.1 Å². The minimum atomic E-state index is -1.05. The van der Waals surface area contributed by atoms with Gasteiger partial charge in [0, 0.05) is 25.2 Å². The molecule has 1 aromatic heterocycles. The Balaban J connectivity index is 2.57. The van der Waals surface area contributed by atoms with Gasteiger partial charge < -0.3 is 19.9 Å². The molecular weight excluding hydrogens is 270 g/mol. The molecule has 1 amide bonds. The van der Waals surface area contributed by atoms with Crippen LogP contribution in [0.3, 0.4) is 0 Å². The summed E-state index contributed by atoms with van der Waals surface area (Å²) < 4.78 is 9.83. The van der Waals surface area contributed by atoms with Gasteiger partial charge in [-0.15, -0.1) is 11.3 Å². The first kappa shape index (κ1) is 15.5. The van der Waals surface area contributed by atoms with Gasteiger partial charge in [0.25, 0.3) is 5.91 Å². The molecule has 1 heterocycles. The maximum Gasteiger partial charge on any atom is 0.326 e. The Hall–Kier alpha value is -1.60. The van der Waals surface area contributed by atoms with Crippen LogP contribution >= 0.6 is 11.3 Å². The summed E-state index contributed by atoms with van der Waals surface area (Å²) in [6.45, 7) is 0.465. The molecule has 0 aliphatic heterocycles. The highest BCUT2D eigenvalue weighted by atomic mass is 32.1. The summed E-state index contributed by atoms with van der Waals surface area (Å²) in [5.74, 6) is -0.868. The zero-order valence-electron chi connectivity index (χ0n) is 10.8. The van der Waals surface area contributed by atoms with E-state index < -0.39 is 17.9 Å². The lowest BCUT2D eigenvalue weighted by atomic mass is 10.1. The number of carbonyl (C=O) groups excluding carboxylic acids is 1. The van der Waals surface area contributed by atoms with Crippen LogP contribution in [0.4, 0.5) is 0 Å². The fourth-order valence-corrected chi connectivity index (χ4v) is 2.22. The highest BCUT2D eigenvalue weighted by Gasteiger charge is 2.21. The van der Waals surface area contributed by atoms with E-state index in [-0.39, 0.29) is 0 Å². The molecule has 0 aliphatic rings. The molecular formula is C12H17NO5S. The Labute approximate surface area is 115 Å². The molecule has 7 heteroatoms. The highest BCUT2D eigenvalue weighted by molar-refractivity contribution is 7.12. The minimum absolute atomic E-state index is 0.331. The minimum Gasteiger partial charge on any atom is -0.496 e. The lowest BCUT2D eigenvalue weighted by molar-refractivity contribution is -0.139. The second-order valence-electron chi connectivity index (χ2n) is 3.85. The van der Waals surface area contributed by atoms with Crippen LogP contribution in [0, 0.1) is 0 Å². The van der Waals surface area contributed by atoms with Crippen molar-refractivity contribution in [2.75, 3.05) is 20.8 Å². The van der Waals surface area contributed by atoms with Gasteiger partial charge in [-0.05, 0) is 12.8 Å². The van der Waals surface area contributed by atoms with Crippen LogP contribution in [0.5, 0.6) is 5.75 Å². The van der Waals surface area contributed by atoms with Gasteiger partial charge in [0.15, 0.2) is 0 Å². The molecule has 2 N–H and O–H groups in total. The number of amides is 1. The topological polar surface area (TPSA) is 84.9 Å². The number of hydrogen-bond donors (Lipinski definition) is 2. The lowest BCUT2D eigenvalue weighted by Crippen LogP contribution is -2.40. The summed E-state index contributed by atoms with van der Waals surface area (Å²) >= 11 is 1.21. The SMILES string of the molecule is COCCCC(NC(=O)c1cc(OC)cs1)C(=O)O. The number of rotatable bonds is 8. The first-order chi connectivity index (χ1) is 9.08. The predicted molar refractivity (Wildman–Crippen MR) is 70.9 cm³/mol. The first-order valence-electron chi connectivity index (χ1n) is 5.73. The van der Waals surface area contributed by atoms with E-state index in [1.165, 1.54) is 18.4 Å². The monoisotopic (exact) mass is 287 g/mol. The van der Waals surface area contributed by atoms with Gasteiger partial charge in [-0.2, -0.15) is 0 Å². The van der Waals surface area contributed by atoms with Crippen LogP contribution in [0.1, 0.15) is 22.5 Å². The van der Waals surface area contributed by atoms with E-state index in [1.807, 2.05) is 0 Å². The Morgan fingerprint density at radius 1 is 1.47 bits per heavy atom. The molecule has 1 rings (SSSR count). The van der Waals surface area contributed by atoms with Crippen LogP contribution in [0.25, 0.3) is 0 Å². The number of thiophene rings is 1. The number of carboxylic acid groups (broad SMARTS) is 1. The Kier molecular flexibility index (Phi) is 6.31. The van der Waals surface area contributed by atoms with Crippen molar-refractivity contribution in [3.05, 3.63) is 16.3 Å². The third kappa shape index (κ3) is 4.88. The summed E-state index contributed by atoms with van der Waals surface area (Å²) in [6.07, 6.45) is 0.902. The average Bonchev–Trinajstić information content (AvgIpc) is 2.86. The zero-order valence-corrected chi connectivity index (χ0v) is 11.7. The first-order valence-corrected chi connectivity index (χ1v) is 6.61. The van der Waals surface area contributed by atoms with Gasteiger partial charge in [0.1, 0.15) is 11.8 Å². The smallest absolute Gasteiger partial charge is 0.326 e. The molecule has 19 heavy (non-hydrogen) atoms. The molecule has 1 aromatic rings. The van der Waals surface area contributed by atoms with Gasteiger partial charge in [-0.3, -0.25) is 4.79 Å². The number of methoxy groups -OCH3 is 2. The molecule has 0 saturated heterocycles. The van der Waals surface area contributed by atoms with Crippen molar-refractivity contribution in [2.45, 2.75) is 18.9 Å². The van der Waals surface area contributed by atoms with Gasteiger partial charge in [0.05, 0.1) is 12.0 Å². The maximum atomic E-state index is 11.9. The summed E-state index contributed by atoms with van der Waals surface area (Å²) in [5, 5.41) is 13.2. The lowest BCUT2D eigenvalue weighted by Gasteiger charge is -2.13. The number of hydrogen-bond acceptors (Lipinski definition) is 5. The number of ether oxygens (including phenoxy) is 2. The fourth-order valence-electron chi connectivity index (χ4n) is 1.46. The van der Waals surface area contributed by atoms with Crippen LogP contribution in [0.2, 0.25) is 0 Å². The predicted octanol–water partition coefficient (Wildman–Crippen LogP) is 1.37. The van der Waals surface area contributed by atoms with Crippen LogP contribution in [0.15, 0.2) is 11.4 Å². The molecule has 0 aliphatic carbocycles. The summed E-state index contributed by atoms with van der Waals surface area (Å²) in [4.78, 5) is 23.3. The summed E-state index contributed by atoms with van der Waals surface area (Å²) in [5.41, 5.74) is 0. The second-order valence-corrected chi connectivity index (χ2v) is 4.76. The van der Waals surface area contributed by atoms with Crippen molar-refractivity contribution in [3.8, 4) is 5.75 Å². The molecule has 1 atom stereocenters. The van der Waals surface area contributed by atoms with Crippen LogP contribution in [-0.2, 0) is 9.53 Å². The molecule has 0 saturated carbocycles. The van der Waals surface area contributed by atoms with Crippen LogP contribution in [-0.4, -0.2) is 43.9 Å². The van der Waals surface area contributed by atoms with E-state index in [1.54, 1.807) is 18.6 Å². The highest BCUT2D eigenvalue weighted by Crippen LogP contribution is 2.21. The maximum absolute atomic E-state index is 11.9. The average molecular weight is 287 g/mol. The van der Waals surface area contributed by atoms with Gasteiger partial charge in [-0.25, -0.2) is 4.79 Å². The molecule has 0 aromatic carbocycles. The van der Waals surface area contributed by atoms with E-state index >= 15 is 0 Å². The van der Waals surface area contributed by atoms with E-state index in [9.17, 15) is 9.59 Å². The number of nitrogens with one attached hydrogen (secondary N) is 1. The van der Waals surface area contributed by atoms with E-state index in [0.717, 1.165) is 0 Å². The summed E-state index contributed by atoms with van der Waals surface area (Å²) in [7, 11) is 3.06. The van der Waals surface area contributed by atoms with E-state index in [4.69, 9.17) is 14.6 Å². The molecule has 0 spiro atoms. The molecule has 6 nitrogen and oxygen atoms in total. The Morgan fingerprint density at radius 2 is 2.21 bits per heavy atom. The second kappa shape index (κ2) is 7.75. The standard InChI is InChI=1S/C12H17NO5S/c1-17-5-3-4-9(12(15)16)13-11(14)10-6-8(18-2)7-19-10/h6-7,9H,3-5H2,1-2H3,(H,13,14)(H,15,16). The third-order valence-corrected chi connectivity index (χ3v) is 3.39. The zero-order chi connectivity index (χ0) is 14.3. The van der Waals surface area contributed by atoms with Crippen molar-refractivity contribution in [1.82, 2.24) is 5.32 Å². The summed E-state index contributed by atoms with van der Waals surface area (Å²) in [6, 6.07) is 0.671. The quantitative estimate of drug-likeness (QED) is 0.705.